The molecule has 1 saturated carbocycles. The van der Waals surface area contributed by atoms with Crippen LogP contribution in [0, 0.1) is 11.2 Å². The van der Waals surface area contributed by atoms with Gasteiger partial charge in [0.15, 0.2) is 0 Å². The molecule has 3 saturated heterocycles. The Labute approximate surface area is 295 Å². The molecule has 4 heterocycles. The molecule has 0 aromatic heterocycles. The third kappa shape index (κ3) is 9.01. The van der Waals surface area contributed by atoms with Gasteiger partial charge in [0.1, 0.15) is 11.4 Å². The number of nitrogens with one attached hydrogen (secondary N) is 1. The normalized spacial score (nSPS) is 26.3. The Morgan fingerprint density at radius 1 is 1.02 bits per heavy atom. The number of ether oxygens (including phenoxy) is 2. The molecule has 1 aromatic carbocycles. The summed E-state index contributed by atoms with van der Waals surface area (Å²) in [5.74, 6) is -0.265. The van der Waals surface area contributed by atoms with Crippen molar-refractivity contribution < 1.29 is 33.7 Å². The molecule has 272 valence electrons. The van der Waals surface area contributed by atoms with Crippen molar-refractivity contribution in [3.8, 4) is 0 Å². The molecule has 4 aliphatic heterocycles. The SMILES string of the molecule is C=C1CC(Cc2ccc(F)c(CN3CCN(C(=O)C45CCOC(CN6CCN(C(=O)OC(C)(C)C)CC6)(CC4)C5)CC3)c2)=NNC1=O.O.S. The summed E-state index contributed by atoms with van der Waals surface area (Å²) in [6.07, 6.45) is 3.87. The van der Waals surface area contributed by atoms with Crippen LogP contribution in [0.3, 0.4) is 0 Å². The quantitative estimate of drug-likeness (QED) is 0.431. The van der Waals surface area contributed by atoms with Crippen LogP contribution in [-0.2, 0) is 32.0 Å². The van der Waals surface area contributed by atoms with Crippen LogP contribution >= 0.6 is 13.5 Å². The highest BCUT2D eigenvalue weighted by Gasteiger charge is 2.57. The highest BCUT2D eigenvalue weighted by atomic mass is 32.1. The Bertz CT molecular complexity index is 1440. The van der Waals surface area contributed by atoms with Crippen molar-refractivity contribution in [3.05, 3.63) is 47.3 Å². The number of hydrogen-bond acceptors (Lipinski definition) is 8. The van der Waals surface area contributed by atoms with Crippen molar-refractivity contribution in [3.63, 3.8) is 0 Å². The summed E-state index contributed by atoms with van der Waals surface area (Å²) in [4.78, 5) is 46.6. The number of halogens is 1. The Hall–Kier alpha value is -3.04. The van der Waals surface area contributed by atoms with E-state index in [1.165, 1.54) is 6.07 Å². The molecule has 3 N–H and O–H groups in total. The van der Waals surface area contributed by atoms with E-state index in [4.69, 9.17) is 9.47 Å². The molecule has 1 aliphatic carbocycles. The summed E-state index contributed by atoms with van der Waals surface area (Å²) in [5, 5.41) is 4.14. The first-order chi connectivity index (χ1) is 22.3. The van der Waals surface area contributed by atoms with Crippen molar-refractivity contribution in [2.45, 2.75) is 77.0 Å². The first-order valence-corrected chi connectivity index (χ1v) is 17.0. The lowest BCUT2D eigenvalue weighted by atomic mass is 9.78. The number of fused-ring (bicyclic) bond motifs is 2. The number of rotatable bonds is 7. The van der Waals surface area contributed by atoms with Crippen LogP contribution in [0.25, 0.3) is 0 Å². The number of hydrazone groups is 1. The number of carbonyl (C=O) groups is 3. The lowest BCUT2D eigenvalue weighted by molar-refractivity contribution is -0.156. The Kier molecular flexibility index (Phi) is 12.2. The lowest BCUT2D eigenvalue weighted by Gasteiger charge is -2.45. The van der Waals surface area contributed by atoms with Crippen LogP contribution in [0.1, 0.15) is 64.0 Å². The zero-order valence-corrected chi connectivity index (χ0v) is 30.1. The van der Waals surface area contributed by atoms with Crippen molar-refractivity contribution in [1.29, 1.82) is 0 Å². The van der Waals surface area contributed by atoms with E-state index in [1.807, 2.05) is 31.7 Å². The molecule has 3 amide bonds. The van der Waals surface area contributed by atoms with E-state index in [0.717, 1.165) is 56.6 Å². The average Bonchev–Trinajstić information content (AvgIpc) is 3.29. The summed E-state index contributed by atoms with van der Waals surface area (Å²) in [6.45, 7) is 16.7. The molecule has 2 unspecified atom stereocenters. The zero-order chi connectivity index (χ0) is 33.4. The minimum absolute atomic E-state index is 0. The van der Waals surface area contributed by atoms with Crippen LogP contribution in [0.5, 0.6) is 0 Å². The van der Waals surface area contributed by atoms with Gasteiger partial charge in [-0.15, -0.1) is 0 Å². The van der Waals surface area contributed by atoms with Gasteiger partial charge in [0.05, 0.1) is 11.0 Å². The fraction of sp³-hybridized carbons (Fsp3) is 0.657. The average molecular weight is 705 g/mol. The molecule has 5 aliphatic rings. The Morgan fingerprint density at radius 3 is 2.37 bits per heavy atom. The molecule has 49 heavy (non-hydrogen) atoms. The number of hydrogen-bond donors (Lipinski definition) is 1. The third-order valence-electron chi connectivity index (χ3n) is 10.3. The first-order valence-electron chi connectivity index (χ1n) is 17.0. The minimum Gasteiger partial charge on any atom is -0.444 e. The van der Waals surface area contributed by atoms with E-state index in [2.05, 4.69) is 26.9 Å². The van der Waals surface area contributed by atoms with Crippen LogP contribution < -0.4 is 5.43 Å². The molecule has 6 rings (SSSR count). The van der Waals surface area contributed by atoms with Crippen molar-refractivity contribution in [1.82, 2.24) is 25.0 Å². The summed E-state index contributed by atoms with van der Waals surface area (Å²) in [7, 11) is 0. The van der Waals surface area contributed by atoms with Crippen LogP contribution in [0.2, 0.25) is 0 Å². The molecule has 4 fully saturated rings. The molecule has 2 atom stereocenters. The van der Waals surface area contributed by atoms with E-state index < -0.39 is 5.60 Å². The van der Waals surface area contributed by atoms with Crippen molar-refractivity contribution in [2.75, 3.05) is 65.5 Å². The smallest absolute Gasteiger partial charge is 0.410 e. The van der Waals surface area contributed by atoms with Gasteiger partial charge in [-0.05, 0) is 58.1 Å². The zero-order valence-electron chi connectivity index (χ0n) is 29.1. The molecule has 1 aromatic rings. The second kappa shape index (κ2) is 15.5. The number of benzene rings is 1. The van der Waals surface area contributed by atoms with E-state index >= 15 is 0 Å². The molecular formula is C35H53FN6O6S. The molecule has 14 heteroatoms. The minimum atomic E-state index is -0.510. The largest absolute Gasteiger partial charge is 0.444 e. The molecule has 0 radical (unpaired) electrons. The van der Waals surface area contributed by atoms with Gasteiger partial charge in [-0.3, -0.25) is 19.4 Å². The second-order valence-electron chi connectivity index (χ2n) is 15.1. The van der Waals surface area contributed by atoms with Crippen LogP contribution in [-0.4, -0.2) is 125 Å². The van der Waals surface area contributed by atoms with Gasteiger partial charge in [0, 0.05) is 102 Å². The van der Waals surface area contributed by atoms with E-state index in [0.29, 0.717) is 76.4 Å². The van der Waals surface area contributed by atoms with Gasteiger partial charge >= 0.3 is 6.09 Å². The summed E-state index contributed by atoms with van der Waals surface area (Å²) < 4.78 is 26.8. The van der Waals surface area contributed by atoms with Gasteiger partial charge in [0.2, 0.25) is 5.91 Å². The van der Waals surface area contributed by atoms with Gasteiger partial charge < -0.3 is 24.7 Å². The summed E-state index contributed by atoms with van der Waals surface area (Å²) >= 11 is 0. The van der Waals surface area contributed by atoms with Gasteiger partial charge in [-0.1, -0.05) is 18.7 Å². The third-order valence-corrected chi connectivity index (χ3v) is 10.3. The maximum Gasteiger partial charge on any atom is 0.410 e. The highest BCUT2D eigenvalue weighted by molar-refractivity contribution is 7.59. The molecule has 0 spiro atoms. The van der Waals surface area contributed by atoms with Crippen molar-refractivity contribution in [2.24, 2.45) is 10.5 Å². The van der Waals surface area contributed by atoms with E-state index in [-0.39, 0.29) is 53.7 Å². The topological polar surface area (TPSA) is 139 Å². The van der Waals surface area contributed by atoms with Crippen LogP contribution in [0.15, 0.2) is 35.5 Å². The van der Waals surface area contributed by atoms with Crippen molar-refractivity contribution >= 4 is 37.1 Å². The van der Waals surface area contributed by atoms with Gasteiger partial charge in [0.25, 0.3) is 5.91 Å². The molecule has 12 nitrogen and oxygen atoms in total. The van der Waals surface area contributed by atoms with E-state index in [9.17, 15) is 18.8 Å². The highest BCUT2D eigenvalue weighted by Crippen LogP contribution is 2.53. The molecular weight excluding hydrogens is 651 g/mol. The number of amides is 3. The predicted molar refractivity (Wildman–Crippen MR) is 189 cm³/mol. The van der Waals surface area contributed by atoms with Crippen LogP contribution in [0.4, 0.5) is 9.18 Å². The standard InChI is InChI=1S/C35H49FN6O5.H2O.H2S/c1-25-19-28(37-38-30(25)43)21-26-5-6-29(36)27(20-26)22-39-10-14-41(15-11-39)31(44)34-7-8-35(23-34,46-18-9-34)24-40-12-16-42(17-13-40)32(45)47-33(2,3)4;;/h5-6,20H,1,7-19,21-24H2,2-4H3,(H,38,43);2*1H2. The van der Waals surface area contributed by atoms with E-state index in [1.54, 1.807) is 11.0 Å². The maximum absolute atomic E-state index is 14.9. The summed E-state index contributed by atoms with van der Waals surface area (Å²) in [5.41, 5.74) is 4.09. The molecule has 2 bridgehead atoms. The number of nitrogens with zero attached hydrogens (tertiary/aromatic N) is 5. The maximum atomic E-state index is 14.9. The lowest BCUT2D eigenvalue weighted by Crippen LogP contribution is -2.57. The first kappa shape index (κ1) is 38.8. The fourth-order valence-corrected chi connectivity index (χ4v) is 7.81. The predicted octanol–water partition coefficient (Wildman–Crippen LogP) is 2.61. The van der Waals surface area contributed by atoms with Gasteiger partial charge in [-0.2, -0.15) is 18.6 Å². The monoisotopic (exact) mass is 704 g/mol. The van der Waals surface area contributed by atoms with Gasteiger partial charge in [-0.25, -0.2) is 14.6 Å². The fourth-order valence-electron chi connectivity index (χ4n) is 7.81. The second-order valence-corrected chi connectivity index (χ2v) is 15.1. The Balaban J connectivity index is 0.00000270. The Morgan fingerprint density at radius 2 is 1.69 bits per heavy atom. The number of carbonyl (C=O) groups excluding carboxylic acids is 3. The number of piperazine rings is 2. The summed E-state index contributed by atoms with van der Waals surface area (Å²) in [6, 6.07) is 5.14.